The van der Waals surface area contributed by atoms with Crippen molar-refractivity contribution in [1.82, 2.24) is 10.2 Å². The van der Waals surface area contributed by atoms with Crippen LogP contribution < -0.4 is 11.1 Å². The fraction of sp³-hybridized carbons (Fsp3) is 0.467. The second-order valence-corrected chi connectivity index (χ2v) is 5.43. The van der Waals surface area contributed by atoms with Gasteiger partial charge in [0.15, 0.2) is 0 Å². The van der Waals surface area contributed by atoms with Crippen molar-refractivity contribution < 1.29 is 14.0 Å². The fourth-order valence-corrected chi connectivity index (χ4v) is 2.51. The maximum atomic E-state index is 14.0. The van der Waals surface area contributed by atoms with Gasteiger partial charge in [-0.05, 0) is 44.4 Å². The van der Waals surface area contributed by atoms with Gasteiger partial charge in [0.2, 0.25) is 5.91 Å². The van der Waals surface area contributed by atoms with E-state index in [2.05, 4.69) is 5.32 Å². The third-order valence-electron chi connectivity index (χ3n) is 3.66. The van der Waals surface area contributed by atoms with Crippen LogP contribution in [-0.4, -0.2) is 35.8 Å². The summed E-state index contributed by atoms with van der Waals surface area (Å²) in [6, 6.07) is 2.06. The molecular weight excluding hydrogens is 273 g/mol. The Labute approximate surface area is 123 Å². The van der Waals surface area contributed by atoms with Crippen molar-refractivity contribution in [1.29, 1.82) is 0 Å². The van der Waals surface area contributed by atoms with Crippen molar-refractivity contribution in [3.8, 4) is 0 Å². The Balaban J connectivity index is 2.09. The average Bonchev–Trinajstić information content (AvgIpc) is 2.95. The molecule has 6 heteroatoms. The summed E-state index contributed by atoms with van der Waals surface area (Å²) >= 11 is 0. The highest BCUT2D eigenvalue weighted by atomic mass is 19.1. The number of nitrogens with one attached hydrogen (secondary N) is 1. The molecule has 0 spiro atoms. The summed E-state index contributed by atoms with van der Waals surface area (Å²) in [5.41, 5.74) is 6.13. The van der Waals surface area contributed by atoms with E-state index in [4.69, 9.17) is 5.73 Å². The first-order valence-corrected chi connectivity index (χ1v) is 7.05. The maximum absolute atomic E-state index is 14.0. The standard InChI is InChI=1S/C15H20FN3O2/c1-9-7-11(17)8-12(13(9)16)14(20)18-10(2)15(21)19-5-3-4-6-19/h7-8,10H,3-6,17H2,1-2H3,(H,18,20). The molecule has 5 nitrogen and oxygen atoms in total. The second-order valence-electron chi connectivity index (χ2n) is 5.43. The van der Waals surface area contributed by atoms with Crippen molar-refractivity contribution in [2.24, 2.45) is 0 Å². The number of amides is 2. The lowest BCUT2D eigenvalue weighted by Crippen LogP contribution is -2.46. The van der Waals surface area contributed by atoms with E-state index in [1.165, 1.54) is 12.1 Å². The number of benzene rings is 1. The molecular formula is C15H20FN3O2. The van der Waals surface area contributed by atoms with Gasteiger partial charge >= 0.3 is 0 Å². The Morgan fingerprint density at radius 2 is 1.95 bits per heavy atom. The Hall–Kier alpha value is -2.11. The van der Waals surface area contributed by atoms with Crippen LogP contribution in [0.1, 0.15) is 35.7 Å². The van der Waals surface area contributed by atoms with Crippen LogP contribution in [0.25, 0.3) is 0 Å². The molecule has 0 bridgehead atoms. The lowest BCUT2D eigenvalue weighted by Gasteiger charge is -2.21. The lowest BCUT2D eigenvalue weighted by atomic mass is 10.1. The number of halogens is 1. The Morgan fingerprint density at radius 1 is 1.33 bits per heavy atom. The van der Waals surface area contributed by atoms with Gasteiger partial charge < -0.3 is 16.0 Å². The number of likely N-dealkylation sites (tertiary alicyclic amines) is 1. The van der Waals surface area contributed by atoms with Gasteiger partial charge in [-0.15, -0.1) is 0 Å². The molecule has 1 saturated heterocycles. The molecule has 1 fully saturated rings. The molecule has 1 heterocycles. The van der Waals surface area contributed by atoms with Crippen LogP contribution in [0, 0.1) is 12.7 Å². The molecule has 0 radical (unpaired) electrons. The minimum Gasteiger partial charge on any atom is -0.399 e. The van der Waals surface area contributed by atoms with E-state index in [9.17, 15) is 14.0 Å². The van der Waals surface area contributed by atoms with E-state index in [0.29, 0.717) is 24.3 Å². The molecule has 0 saturated carbocycles. The zero-order valence-electron chi connectivity index (χ0n) is 12.3. The fourth-order valence-electron chi connectivity index (χ4n) is 2.51. The number of rotatable bonds is 3. The molecule has 0 aliphatic carbocycles. The number of nitrogen functional groups attached to an aromatic ring is 1. The number of hydrogen-bond donors (Lipinski definition) is 2. The van der Waals surface area contributed by atoms with Crippen molar-refractivity contribution in [2.75, 3.05) is 18.8 Å². The zero-order chi connectivity index (χ0) is 15.6. The summed E-state index contributed by atoms with van der Waals surface area (Å²) in [5, 5.41) is 2.54. The second kappa shape index (κ2) is 6.11. The lowest BCUT2D eigenvalue weighted by molar-refractivity contribution is -0.131. The molecule has 21 heavy (non-hydrogen) atoms. The molecule has 1 unspecified atom stereocenters. The van der Waals surface area contributed by atoms with Crippen molar-refractivity contribution >= 4 is 17.5 Å². The molecule has 1 aliphatic heterocycles. The van der Waals surface area contributed by atoms with Crippen LogP contribution in [0.5, 0.6) is 0 Å². The third-order valence-corrected chi connectivity index (χ3v) is 3.66. The van der Waals surface area contributed by atoms with Gasteiger partial charge in [-0.3, -0.25) is 9.59 Å². The van der Waals surface area contributed by atoms with Crippen LogP contribution >= 0.6 is 0 Å². The Bertz CT molecular complexity index is 568. The zero-order valence-corrected chi connectivity index (χ0v) is 12.3. The number of hydrogen-bond acceptors (Lipinski definition) is 3. The number of nitrogens with two attached hydrogens (primary N) is 1. The van der Waals surface area contributed by atoms with Crippen molar-refractivity contribution in [3.63, 3.8) is 0 Å². The van der Waals surface area contributed by atoms with Gasteiger partial charge in [0.05, 0.1) is 5.56 Å². The number of nitrogens with zero attached hydrogens (tertiary/aromatic N) is 1. The molecule has 1 aromatic carbocycles. The Morgan fingerprint density at radius 3 is 2.57 bits per heavy atom. The predicted molar refractivity (Wildman–Crippen MR) is 78.3 cm³/mol. The Kier molecular flexibility index (Phi) is 4.45. The summed E-state index contributed by atoms with van der Waals surface area (Å²) in [5.74, 6) is -1.37. The molecule has 1 atom stereocenters. The first-order valence-electron chi connectivity index (χ1n) is 7.05. The highest BCUT2D eigenvalue weighted by molar-refractivity contribution is 5.98. The smallest absolute Gasteiger partial charge is 0.254 e. The highest BCUT2D eigenvalue weighted by Gasteiger charge is 2.25. The van der Waals surface area contributed by atoms with Gasteiger partial charge in [-0.1, -0.05) is 0 Å². The van der Waals surface area contributed by atoms with Crippen molar-refractivity contribution in [3.05, 3.63) is 29.1 Å². The summed E-state index contributed by atoms with van der Waals surface area (Å²) in [7, 11) is 0. The van der Waals surface area contributed by atoms with E-state index in [1.54, 1.807) is 18.7 Å². The predicted octanol–water partition coefficient (Wildman–Crippen LogP) is 1.46. The van der Waals surface area contributed by atoms with Crippen LogP contribution in [-0.2, 0) is 4.79 Å². The normalized spacial score (nSPS) is 15.9. The molecule has 2 amide bonds. The van der Waals surface area contributed by atoms with Gasteiger partial charge in [0.1, 0.15) is 11.9 Å². The van der Waals surface area contributed by atoms with Gasteiger partial charge in [0.25, 0.3) is 5.91 Å². The van der Waals surface area contributed by atoms with Crippen molar-refractivity contribution in [2.45, 2.75) is 32.7 Å². The first kappa shape index (κ1) is 15.3. The minimum atomic E-state index is -0.684. The topological polar surface area (TPSA) is 75.4 Å². The van der Waals surface area contributed by atoms with E-state index >= 15 is 0 Å². The molecule has 0 aromatic heterocycles. The number of carbonyl (C=O) groups excluding carboxylic acids is 2. The quantitative estimate of drug-likeness (QED) is 0.828. The van der Waals surface area contributed by atoms with E-state index in [-0.39, 0.29) is 11.5 Å². The van der Waals surface area contributed by atoms with Gasteiger partial charge in [-0.25, -0.2) is 4.39 Å². The third kappa shape index (κ3) is 3.32. The number of carbonyl (C=O) groups is 2. The van der Waals surface area contributed by atoms with Gasteiger partial charge in [-0.2, -0.15) is 0 Å². The van der Waals surface area contributed by atoms with Crippen LogP contribution in [0.2, 0.25) is 0 Å². The molecule has 1 aromatic rings. The number of anilines is 1. The van der Waals surface area contributed by atoms with Gasteiger partial charge in [0, 0.05) is 18.8 Å². The maximum Gasteiger partial charge on any atom is 0.254 e. The summed E-state index contributed by atoms with van der Waals surface area (Å²) in [4.78, 5) is 26.0. The largest absolute Gasteiger partial charge is 0.399 e. The summed E-state index contributed by atoms with van der Waals surface area (Å²) in [6.45, 7) is 4.58. The molecule has 3 N–H and O–H groups in total. The molecule has 1 aliphatic rings. The van der Waals surface area contributed by atoms with Crippen LogP contribution in [0.4, 0.5) is 10.1 Å². The van der Waals surface area contributed by atoms with E-state index < -0.39 is 17.8 Å². The van der Waals surface area contributed by atoms with E-state index in [1.807, 2.05) is 0 Å². The molecule has 114 valence electrons. The monoisotopic (exact) mass is 293 g/mol. The van der Waals surface area contributed by atoms with E-state index in [0.717, 1.165) is 12.8 Å². The minimum absolute atomic E-state index is 0.131. The summed E-state index contributed by atoms with van der Waals surface area (Å²) < 4.78 is 14.0. The number of aryl methyl sites for hydroxylation is 1. The highest BCUT2D eigenvalue weighted by Crippen LogP contribution is 2.17. The summed E-state index contributed by atoms with van der Waals surface area (Å²) in [6.07, 6.45) is 1.96. The first-order chi connectivity index (χ1) is 9.90. The van der Waals surface area contributed by atoms with Crippen LogP contribution in [0.15, 0.2) is 12.1 Å². The van der Waals surface area contributed by atoms with Crippen LogP contribution in [0.3, 0.4) is 0 Å². The SMILES string of the molecule is Cc1cc(N)cc(C(=O)NC(C)C(=O)N2CCCC2)c1F. The average molecular weight is 293 g/mol. The molecule has 2 rings (SSSR count).